The number of nitrogens with one attached hydrogen (secondary N) is 1. The normalized spacial score (nSPS) is 15.1. The van der Waals surface area contributed by atoms with Crippen LogP contribution in [0.5, 0.6) is 11.5 Å². The van der Waals surface area contributed by atoms with Gasteiger partial charge in [0.1, 0.15) is 12.4 Å². The van der Waals surface area contributed by atoms with Crippen LogP contribution in [0.2, 0.25) is 0 Å². The largest absolute Gasteiger partial charge is 0.493 e. The van der Waals surface area contributed by atoms with E-state index in [0.29, 0.717) is 24.0 Å². The molecule has 6 heteroatoms. The second-order valence-electron chi connectivity index (χ2n) is 6.42. The predicted molar refractivity (Wildman–Crippen MR) is 105 cm³/mol. The number of carbonyl (C=O) groups excluding carboxylic acids is 1. The van der Waals surface area contributed by atoms with Gasteiger partial charge in [0.25, 0.3) is 0 Å². The van der Waals surface area contributed by atoms with Crippen LogP contribution in [0.3, 0.4) is 0 Å². The Bertz CT molecular complexity index is 791. The van der Waals surface area contributed by atoms with Gasteiger partial charge in [-0.1, -0.05) is 18.7 Å². The van der Waals surface area contributed by atoms with E-state index in [2.05, 4.69) is 16.5 Å². The number of aromatic nitrogens is 2. The van der Waals surface area contributed by atoms with Crippen LogP contribution in [0, 0.1) is 0 Å². The van der Waals surface area contributed by atoms with Crippen molar-refractivity contribution in [3.8, 4) is 11.5 Å². The van der Waals surface area contributed by atoms with Crippen molar-refractivity contribution in [2.75, 3.05) is 26.8 Å². The van der Waals surface area contributed by atoms with Crippen molar-refractivity contribution in [3.05, 3.63) is 60.7 Å². The Labute approximate surface area is 159 Å². The number of H-pyrrole nitrogens is 1. The average Bonchev–Trinajstić information content (AvgIpc) is 3.25. The summed E-state index contributed by atoms with van der Waals surface area (Å²) >= 11 is 0. The molecule has 1 saturated heterocycles. The fourth-order valence-corrected chi connectivity index (χ4v) is 3.20. The predicted octanol–water partition coefficient (Wildman–Crippen LogP) is 3.40. The number of hydrogen-bond donors (Lipinski definition) is 1. The number of imidazole rings is 1. The summed E-state index contributed by atoms with van der Waals surface area (Å²) in [4.78, 5) is 21.9. The van der Waals surface area contributed by atoms with Gasteiger partial charge in [0, 0.05) is 37.5 Å². The van der Waals surface area contributed by atoms with E-state index in [1.165, 1.54) is 0 Å². The van der Waals surface area contributed by atoms with E-state index >= 15 is 0 Å². The fraction of sp³-hybridized carbons (Fsp3) is 0.333. The van der Waals surface area contributed by atoms with E-state index in [0.717, 1.165) is 37.3 Å². The Morgan fingerprint density at radius 3 is 2.85 bits per heavy atom. The first kappa shape index (κ1) is 18.8. The summed E-state index contributed by atoms with van der Waals surface area (Å²) in [6.07, 6.45) is 10.6. The zero-order chi connectivity index (χ0) is 19.1. The molecule has 1 fully saturated rings. The molecule has 2 aromatic rings. The van der Waals surface area contributed by atoms with Gasteiger partial charge in [-0.05, 0) is 36.6 Å². The molecule has 0 saturated carbocycles. The Kier molecular flexibility index (Phi) is 6.30. The number of methoxy groups -OCH3 is 1. The molecule has 0 aliphatic carbocycles. The van der Waals surface area contributed by atoms with Crippen molar-refractivity contribution in [3.63, 3.8) is 0 Å². The molecular weight excluding hydrogens is 342 g/mol. The van der Waals surface area contributed by atoms with Crippen molar-refractivity contribution in [1.29, 1.82) is 0 Å². The molecule has 1 aliphatic heterocycles. The summed E-state index contributed by atoms with van der Waals surface area (Å²) < 4.78 is 10.9. The molecule has 2 heterocycles. The first-order valence-corrected chi connectivity index (χ1v) is 9.09. The lowest BCUT2D eigenvalue weighted by molar-refractivity contribution is -0.127. The minimum absolute atomic E-state index is 0.0267. The maximum absolute atomic E-state index is 12.5. The van der Waals surface area contributed by atoms with E-state index < -0.39 is 0 Å². The standard InChI is InChI=1S/C21H25N3O3/c1-3-14-27-18-6-4-16(15-19(18)26-2)5-7-20(25)24-12-8-17(9-13-24)21-22-10-11-23-21/h3-7,10-11,15,17H,1,8-9,12-14H2,2H3,(H,22,23)/b7-5+. The average molecular weight is 367 g/mol. The third-order valence-electron chi connectivity index (χ3n) is 4.68. The van der Waals surface area contributed by atoms with Crippen LogP contribution in [-0.4, -0.2) is 47.6 Å². The summed E-state index contributed by atoms with van der Waals surface area (Å²) in [5.74, 6) is 2.73. The van der Waals surface area contributed by atoms with Crippen LogP contribution < -0.4 is 9.47 Å². The van der Waals surface area contributed by atoms with Crippen LogP contribution in [0.25, 0.3) is 6.08 Å². The maximum atomic E-state index is 12.5. The van der Waals surface area contributed by atoms with E-state index in [9.17, 15) is 4.79 Å². The van der Waals surface area contributed by atoms with Crippen LogP contribution in [0.15, 0.2) is 49.3 Å². The van der Waals surface area contributed by atoms with Gasteiger partial charge >= 0.3 is 0 Å². The van der Waals surface area contributed by atoms with Gasteiger partial charge in [0.15, 0.2) is 11.5 Å². The van der Waals surface area contributed by atoms with Crippen molar-refractivity contribution in [1.82, 2.24) is 14.9 Å². The molecule has 1 aromatic heterocycles. The van der Waals surface area contributed by atoms with Crippen LogP contribution >= 0.6 is 0 Å². The topological polar surface area (TPSA) is 67.5 Å². The van der Waals surface area contributed by atoms with Crippen molar-refractivity contribution in [2.45, 2.75) is 18.8 Å². The molecule has 27 heavy (non-hydrogen) atoms. The lowest BCUT2D eigenvalue weighted by Gasteiger charge is -2.30. The summed E-state index contributed by atoms with van der Waals surface area (Å²) in [7, 11) is 1.60. The molecule has 6 nitrogen and oxygen atoms in total. The number of piperidine rings is 1. The molecule has 1 N–H and O–H groups in total. The summed E-state index contributed by atoms with van der Waals surface area (Å²) in [6, 6.07) is 5.58. The van der Waals surface area contributed by atoms with E-state index in [4.69, 9.17) is 9.47 Å². The fourth-order valence-electron chi connectivity index (χ4n) is 3.20. The highest BCUT2D eigenvalue weighted by atomic mass is 16.5. The Balaban J connectivity index is 1.57. The Morgan fingerprint density at radius 2 is 2.19 bits per heavy atom. The number of likely N-dealkylation sites (tertiary alicyclic amines) is 1. The molecule has 142 valence electrons. The van der Waals surface area contributed by atoms with Crippen LogP contribution in [0.1, 0.15) is 30.1 Å². The molecular formula is C21H25N3O3. The van der Waals surface area contributed by atoms with Gasteiger partial charge in [0.2, 0.25) is 5.91 Å². The summed E-state index contributed by atoms with van der Waals surface area (Å²) in [5, 5.41) is 0. The first-order chi connectivity index (χ1) is 13.2. The van der Waals surface area contributed by atoms with E-state index in [1.807, 2.05) is 29.3 Å². The zero-order valence-corrected chi connectivity index (χ0v) is 15.6. The van der Waals surface area contributed by atoms with Gasteiger partial charge in [-0.25, -0.2) is 4.98 Å². The Hall–Kier alpha value is -3.02. The smallest absolute Gasteiger partial charge is 0.246 e. The van der Waals surface area contributed by atoms with Crippen molar-refractivity contribution >= 4 is 12.0 Å². The second-order valence-corrected chi connectivity index (χ2v) is 6.42. The lowest BCUT2D eigenvalue weighted by atomic mass is 9.96. The third kappa shape index (κ3) is 4.78. The first-order valence-electron chi connectivity index (χ1n) is 9.09. The number of aromatic amines is 1. The minimum atomic E-state index is 0.0267. The molecule has 0 spiro atoms. The number of hydrogen-bond acceptors (Lipinski definition) is 4. The molecule has 1 aliphatic rings. The second kappa shape index (κ2) is 9.07. The van der Waals surface area contributed by atoms with Crippen LogP contribution in [0.4, 0.5) is 0 Å². The quantitative estimate of drug-likeness (QED) is 0.602. The van der Waals surface area contributed by atoms with Gasteiger partial charge in [0.05, 0.1) is 7.11 Å². The number of carbonyl (C=O) groups is 1. The number of amides is 1. The minimum Gasteiger partial charge on any atom is -0.493 e. The zero-order valence-electron chi connectivity index (χ0n) is 15.6. The molecule has 1 aromatic carbocycles. The van der Waals surface area contributed by atoms with Crippen LogP contribution in [-0.2, 0) is 4.79 Å². The van der Waals surface area contributed by atoms with E-state index in [-0.39, 0.29) is 5.91 Å². The van der Waals surface area contributed by atoms with E-state index in [1.54, 1.807) is 31.5 Å². The number of ether oxygens (including phenoxy) is 2. The maximum Gasteiger partial charge on any atom is 0.246 e. The SMILES string of the molecule is C=CCOc1ccc(/C=C/C(=O)N2CCC(c3ncc[nH]3)CC2)cc1OC. The lowest BCUT2D eigenvalue weighted by Crippen LogP contribution is -2.37. The molecule has 0 atom stereocenters. The monoisotopic (exact) mass is 367 g/mol. The molecule has 1 amide bonds. The highest BCUT2D eigenvalue weighted by Crippen LogP contribution is 2.29. The Morgan fingerprint density at radius 1 is 1.37 bits per heavy atom. The third-order valence-corrected chi connectivity index (χ3v) is 4.68. The number of benzene rings is 1. The summed E-state index contributed by atoms with van der Waals surface area (Å²) in [6.45, 7) is 5.54. The van der Waals surface area contributed by atoms with Gasteiger partial charge in [-0.2, -0.15) is 0 Å². The molecule has 0 radical (unpaired) electrons. The van der Waals surface area contributed by atoms with Crippen molar-refractivity contribution in [2.24, 2.45) is 0 Å². The molecule has 0 bridgehead atoms. The van der Waals surface area contributed by atoms with Gasteiger partial charge < -0.3 is 19.4 Å². The molecule has 0 unspecified atom stereocenters. The summed E-state index contributed by atoms with van der Waals surface area (Å²) in [5.41, 5.74) is 0.886. The number of rotatable bonds is 7. The van der Waals surface area contributed by atoms with Gasteiger partial charge in [-0.3, -0.25) is 4.79 Å². The molecule has 3 rings (SSSR count). The highest BCUT2D eigenvalue weighted by Gasteiger charge is 2.23. The van der Waals surface area contributed by atoms with Gasteiger partial charge in [-0.15, -0.1) is 0 Å². The van der Waals surface area contributed by atoms with Crippen molar-refractivity contribution < 1.29 is 14.3 Å². The number of nitrogens with zero attached hydrogens (tertiary/aromatic N) is 2. The highest BCUT2D eigenvalue weighted by molar-refractivity contribution is 5.92.